The summed E-state index contributed by atoms with van der Waals surface area (Å²) in [5.41, 5.74) is 1.25. The highest BCUT2D eigenvalue weighted by Gasteiger charge is 2.21. The van der Waals surface area contributed by atoms with Gasteiger partial charge in [0.25, 0.3) is 0 Å². The van der Waals surface area contributed by atoms with E-state index < -0.39 is 0 Å². The number of carbonyl (C=O) groups excluding carboxylic acids is 1. The lowest BCUT2D eigenvalue weighted by molar-refractivity contribution is 0.236. The zero-order valence-corrected chi connectivity index (χ0v) is 10.8. The number of carbonyl (C=O) groups is 1. The average Bonchev–Trinajstić information content (AvgIpc) is 2.37. The van der Waals surface area contributed by atoms with Crippen molar-refractivity contribution in [2.24, 2.45) is 0 Å². The number of amides is 2. The molecular weight excluding hydrogens is 232 g/mol. The van der Waals surface area contributed by atoms with E-state index in [9.17, 15) is 4.79 Å². The molecule has 1 atom stereocenters. The fraction of sp³-hybridized carbons (Fsp3) is 0.462. The van der Waals surface area contributed by atoms with Crippen molar-refractivity contribution in [2.75, 3.05) is 12.3 Å². The Balaban J connectivity index is 2.01. The van der Waals surface area contributed by atoms with Crippen molar-refractivity contribution < 1.29 is 4.79 Å². The van der Waals surface area contributed by atoms with Crippen molar-refractivity contribution in [3.05, 3.63) is 29.8 Å². The maximum Gasteiger partial charge on any atom is 0.315 e. The Morgan fingerprint density at radius 1 is 1.47 bits per heavy atom. The van der Waals surface area contributed by atoms with Crippen LogP contribution in [0.4, 0.5) is 4.79 Å². The van der Waals surface area contributed by atoms with Crippen LogP contribution in [0.3, 0.4) is 0 Å². The van der Waals surface area contributed by atoms with Crippen LogP contribution < -0.4 is 10.6 Å². The molecule has 17 heavy (non-hydrogen) atoms. The summed E-state index contributed by atoms with van der Waals surface area (Å²) in [6, 6.07) is 8.40. The first kappa shape index (κ1) is 12.3. The molecule has 2 rings (SSSR count). The van der Waals surface area contributed by atoms with Crippen LogP contribution in [-0.2, 0) is 0 Å². The molecule has 0 aliphatic carbocycles. The second kappa shape index (κ2) is 5.96. The van der Waals surface area contributed by atoms with Crippen LogP contribution in [0.25, 0.3) is 0 Å². The largest absolute Gasteiger partial charge is 0.338 e. The van der Waals surface area contributed by atoms with E-state index >= 15 is 0 Å². The normalized spacial score (nSPS) is 18.3. The number of rotatable bonds is 3. The number of hydrogen-bond acceptors (Lipinski definition) is 2. The van der Waals surface area contributed by atoms with Crippen LogP contribution in [0.5, 0.6) is 0 Å². The number of thioether (sulfide) groups is 1. The molecule has 0 spiro atoms. The Hall–Kier alpha value is -1.16. The molecule has 0 saturated carbocycles. The third-order valence-corrected chi connectivity index (χ3v) is 3.92. The quantitative estimate of drug-likeness (QED) is 0.866. The monoisotopic (exact) mass is 250 g/mol. The highest BCUT2D eigenvalue weighted by Crippen LogP contribution is 2.35. The number of benzene rings is 1. The Labute approximate surface area is 106 Å². The third-order valence-electron chi connectivity index (χ3n) is 2.80. The van der Waals surface area contributed by atoms with Crippen molar-refractivity contribution in [3.63, 3.8) is 0 Å². The third kappa shape index (κ3) is 3.16. The summed E-state index contributed by atoms with van der Waals surface area (Å²) >= 11 is 1.87. The van der Waals surface area contributed by atoms with Gasteiger partial charge < -0.3 is 10.6 Å². The van der Waals surface area contributed by atoms with E-state index in [1.54, 1.807) is 0 Å². The number of nitrogens with one attached hydrogen (secondary N) is 2. The van der Waals surface area contributed by atoms with Gasteiger partial charge in [0.15, 0.2) is 0 Å². The van der Waals surface area contributed by atoms with Crippen LogP contribution >= 0.6 is 11.8 Å². The maximum atomic E-state index is 11.7. The molecule has 0 unspecified atom stereocenters. The van der Waals surface area contributed by atoms with Gasteiger partial charge in [-0.25, -0.2) is 4.79 Å². The lowest BCUT2D eigenvalue weighted by Gasteiger charge is -2.25. The SMILES string of the molecule is CCCNC(=O)N[C@@H]1CCSc2ccccc21. The molecule has 2 N–H and O–H groups in total. The van der Waals surface area contributed by atoms with Gasteiger partial charge in [0, 0.05) is 17.2 Å². The van der Waals surface area contributed by atoms with Gasteiger partial charge in [-0.2, -0.15) is 0 Å². The minimum Gasteiger partial charge on any atom is -0.338 e. The van der Waals surface area contributed by atoms with E-state index in [1.807, 2.05) is 30.8 Å². The van der Waals surface area contributed by atoms with Crippen LogP contribution in [-0.4, -0.2) is 18.3 Å². The average molecular weight is 250 g/mol. The van der Waals surface area contributed by atoms with Crippen molar-refractivity contribution in [1.82, 2.24) is 10.6 Å². The zero-order valence-electron chi connectivity index (χ0n) is 10.0. The van der Waals surface area contributed by atoms with Gasteiger partial charge in [0.2, 0.25) is 0 Å². The van der Waals surface area contributed by atoms with Gasteiger partial charge in [0.05, 0.1) is 6.04 Å². The van der Waals surface area contributed by atoms with E-state index in [0.29, 0.717) is 0 Å². The molecule has 1 heterocycles. The molecule has 2 amide bonds. The number of urea groups is 1. The summed E-state index contributed by atoms with van der Waals surface area (Å²) in [7, 11) is 0. The summed E-state index contributed by atoms with van der Waals surface area (Å²) in [4.78, 5) is 12.9. The fourth-order valence-electron chi connectivity index (χ4n) is 1.94. The van der Waals surface area contributed by atoms with Gasteiger partial charge in [-0.1, -0.05) is 25.1 Å². The van der Waals surface area contributed by atoms with Crippen LogP contribution in [0.2, 0.25) is 0 Å². The van der Waals surface area contributed by atoms with Crippen molar-refractivity contribution in [1.29, 1.82) is 0 Å². The Morgan fingerprint density at radius 2 is 2.29 bits per heavy atom. The maximum absolute atomic E-state index is 11.7. The van der Waals surface area contributed by atoms with Crippen LogP contribution in [0.15, 0.2) is 29.2 Å². The molecular formula is C13H18N2OS. The lowest BCUT2D eigenvalue weighted by atomic mass is 10.0. The Morgan fingerprint density at radius 3 is 3.12 bits per heavy atom. The number of fused-ring (bicyclic) bond motifs is 1. The fourth-order valence-corrected chi connectivity index (χ4v) is 3.07. The molecule has 0 bridgehead atoms. The minimum absolute atomic E-state index is 0.0569. The minimum atomic E-state index is -0.0569. The molecule has 1 aliphatic heterocycles. The van der Waals surface area contributed by atoms with E-state index in [-0.39, 0.29) is 12.1 Å². The molecule has 4 heteroatoms. The topological polar surface area (TPSA) is 41.1 Å². The first-order valence-corrected chi connectivity index (χ1v) is 7.06. The highest BCUT2D eigenvalue weighted by atomic mass is 32.2. The first-order valence-electron chi connectivity index (χ1n) is 6.07. The van der Waals surface area contributed by atoms with Gasteiger partial charge in [-0.05, 0) is 24.5 Å². The zero-order chi connectivity index (χ0) is 12.1. The van der Waals surface area contributed by atoms with E-state index in [0.717, 1.165) is 25.1 Å². The van der Waals surface area contributed by atoms with Crippen molar-refractivity contribution >= 4 is 17.8 Å². The van der Waals surface area contributed by atoms with Gasteiger partial charge in [0.1, 0.15) is 0 Å². The van der Waals surface area contributed by atoms with Crippen molar-refractivity contribution in [3.8, 4) is 0 Å². The molecule has 3 nitrogen and oxygen atoms in total. The molecule has 1 aromatic rings. The molecule has 1 aliphatic rings. The molecule has 0 radical (unpaired) electrons. The van der Waals surface area contributed by atoms with Gasteiger partial charge in [-0.3, -0.25) is 0 Å². The molecule has 0 saturated heterocycles. The predicted molar refractivity (Wildman–Crippen MR) is 71.3 cm³/mol. The van der Waals surface area contributed by atoms with Gasteiger partial charge in [-0.15, -0.1) is 11.8 Å². The van der Waals surface area contributed by atoms with E-state index in [2.05, 4.69) is 22.8 Å². The Kier molecular flexibility index (Phi) is 4.31. The first-order chi connectivity index (χ1) is 8.31. The summed E-state index contributed by atoms with van der Waals surface area (Å²) in [6.45, 7) is 2.78. The second-order valence-corrected chi connectivity index (χ2v) is 5.26. The second-order valence-electron chi connectivity index (χ2n) is 4.13. The molecule has 1 aromatic carbocycles. The molecule has 92 valence electrons. The van der Waals surface area contributed by atoms with E-state index in [1.165, 1.54) is 10.5 Å². The summed E-state index contributed by atoms with van der Waals surface area (Å²) in [5.74, 6) is 1.07. The van der Waals surface area contributed by atoms with Gasteiger partial charge >= 0.3 is 6.03 Å². The smallest absolute Gasteiger partial charge is 0.315 e. The van der Waals surface area contributed by atoms with E-state index in [4.69, 9.17) is 0 Å². The molecule has 0 fully saturated rings. The predicted octanol–water partition coefficient (Wildman–Crippen LogP) is 2.93. The Bertz CT molecular complexity index is 395. The van der Waals surface area contributed by atoms with Crippen molar-refractivity contribution in [2.45, 2.75) is 30.7 Å². The summed E-state index contributed by atoms with van der Waals surface area (Å²) in [6.07, 6.45) is 1.96. The lowest BCUT2D eigenvalue weighted by Crippen LogP contribution is -2.39. The molecule has 0 aromatic heterocycles. The summed E-state index contributed by atoms with van der Waals surface area (Å²) in [5, 5.41) is 5.90. The summed E-state index contributed by atoms with van der Waals surface area (Å²) < 4.78 is 0. The highest BCUT2D eigenvalue weighted by molar-refractivity contribution is 7.99. The van der Waals surface area contributed by atoms with Crippen LogP contribution in [0, 0.1) is 0 Å². The standard InChI is InChI=1S/C13H18N2OS/c1-2-8-14-13(16)15-11-7-9-17-12-6-4-3-5-10(11)12/h3-6,11H,2,7-9H2,1H3,(H2,14,15,16)/t11-/m1/s1. The van der Waals surface area contributed by atoms with Crippen LogP contribution in [0.1, 0.15) is 31.4 Å². The number of hydrogen-bond donors (Lipinski definition) is 2.